The van der Waals surface area contributed by atoms with E-state index in [9.17, 15) is 13.2 Å². The quantitative estimate of drug-likeness (QED) is 0.377. The monoisotopic (exact) mass is 557 g/mol. The molecule has 1 saturated heterocycles. The number of aryl methyl sites for hydroxylation is 1. The molecule has 40 heavy (non-hydrogen) atoms. The van der Waals surface area contributed by atoms with Crippen LogP contribution in [0, 0.1) is 6.92 Å². The summed E-state index contributed by atoms with van der Waals surface area (Å²) in [6.07, 6.45) is 6.31. The minimum absolute atomic E-state index is 0.00853. The number of ether oxygens (including phenoxy) is 1. The predicted molar refractivity (Wildman–Crippen MR) is 153 cm³/mol. The molecule has 4 aromatic rings. The number of rotatable bonds is 6. The highest BCUT2D eigenvalue weighted by molar-refractivity contribution is 7.90. The largest absolute Gasteiger partial charge is 0.371 e. The van der Waals surface area contributed by atoms with E-state index >= 15 is 0 Å². The third kappa shape index (κ3) is 5.29. The van der Waals surface area contributed by atoms with E-state index in [0.29, 0.717) is 11.3 Å². The first-order valence-corrected chi connectivity index (χ1v) is 15.3. The molecule has 1 spiro atoms. The van der Waals surface area contributed by atoms with E-state index in [1.165, 1.54) is 12.5 Å². The lowest BCUT2D eigenvalue weighted by Gasteiger charge is -2.48. The third-order valence-corrected chi connectivity index (χ3v) is 8.98. The maximum absolute atomic E-state index is 12.8. The Kier molecular flexibility index (Phi) is 6.75. The number of sulfone groups is 1. The van der Waals surface area contributed by atoms with Gasteiger partial charge in [0.15, 0.2) is 9.84 Å². The SMILES string of the molecule is Cc1ccc(C(=O)NCc2cc3nc(-c4cccc(N5CCOC6(CCC6)C5)n4)ccc3cn2)cc1S(C)(=O)=O. The normalized spacial score (nSPS) is 16.6. The fourth-order valence-corrected chi connectivity index (χ4v) is 6.36. The number of morpholine rings is 1. The first-order chi connectivity index (χ1) is 19.2. The Labute approximate surface area is 233 Å². The molecule has 1 N–H and O–H groups in total. The number of pyridine rings is 3. The molecular formula is C30H31N5O4S. The van der Waals surface area contributed by atoms with Crippen LogP contribution >= 0.6 is 0 Å². The van der Waals surface area contributed by atoms with Gasteiger partial charge in [-0.05, 0) is 74.2 Å². The molecular weight excluding hydrogens is 526 g/mol. The van der Waals surface area contributed by atoms with E-state index in [1.807, 2.05) is 36.4 Å². The van der Waals surface area contributed by atoms with Crippen LogP contribution in [0.5, 0.6) is 0 Å². The zero-order valence-corrected chi connectivity index (χ0v) is 23.4. The number of fused-ring (bicyclic) bond motifs is 1. The van der Waals surface area contributed by atoms with E-state index in [-0.39, 0.29) is 28.5 Å². The molecule has 1 aromatic carbocycles. The molecule has 0 atom stereocenters. The number of hydrogen-bond acceptors (Lipinski definition) is 8. The molecule has 206 valence electrons. The summed E-state index contributed by atoms with van der Waals surface area (Å²) in [5.74, 6) is 0.559. The summed E-state index contributed by atoms with van der Waals surface area (Å²) in [5, 5.41) is 3.71. The van der Waals surface area contributed by atoms with Gasteiger partial charge in [-0.25, -0.2) is 18.4 Å². The molecule has 6 rings (SSSR count). The van der Waals surface area contributed by atoms with Crippen LogP contribution in [-0.4, -0.2) is 60.8 Å². The van der Waals surface area contributed by atoms with Crippen molar-refractivity contribution in [2.75, 3.05) is 30.9 Å². The average Bonchev–Trinajstić information content (AvgIpc) is 2.94. The number of aromatic nitrogens is 3. The van der Waals surface area contributed by atoms with E-state index in [1.54, 1.807) is 25.3 Å². The van der Waals surface area contributed by atoms with Crippen molar-refractivity contribution in [1.82, 2.24) is 20.3 Å². The van der Waals surface area contributed by atoms with Gasteiger partial charge in [-0.2, -0.15) is 0 Å². The van der Waals surface area contributed by atoms with Gasteiger partial charge in [0, 0.05) is 36.5 Å². The summed E-state index contributed by atoms with van der Waals surface area (Å²) in [7, 11) is -3.44. The maximum Gasteiger partial charge on any atom is 0.251 e. The molecule has 1 saturated carbocycles. The summed E-state index contributed by atoms with van der Waals surface area (Å²) in [6, 6.07) is 16.4. The number of carbonyl (C=O) groups is 1. The topological polar surface area (TPSA) is 114 Å². The predicted octanol–water partition coefficient (Wildman–Crippen LogP) is 4.09. The van der Waals surface area contributed by atoms with Gasteiger partial charge in [0.2, 0.25) is 0 Å². The van der Waals surface area contributed by atoms with E-state index in [4.69, 9.17) is 14.7 Å². The van der Waals surface area contributed by atoms with Crippen LogP contribution in [0.1, 0.15) is 40.9 Å². The number of amides is 1. The minimum atomic E-state index is -3.44. The standard InChI is InChI=1S/C30H31N5O4S/c1-20-7-8-21(15-27(20)40(2,37)38)29(36)32-18-23-16-26-22(17-31-23)9-10-25(33-26)24-5-3-6-28(34-24)35-13-14-39-30(19-35)11-4-12-30/h3,5-10,15-17H,4,11-14,18-19H2,1-2H3,(H,32,36). The van der Waals surface area contributed by atoms with Crippen LogP contribution in [0.4, 0.5) is 5.82 Å². The number of benzene rings is 1. The molecule has 2 aliphatic rings. The smallest absolute Gasteiger partial charge is 0.251 e. The molecule has 1 amide bonds. The molecule has 0 radical (unpaired) electrons. The molecule has 0 bridgehead atoms. The van der Waals surface area contributed by atoms with Crippen LogP contribution in [0.25, 0.3) is 22.3 Å². The van der Waals surface area contributed by atoms with Gasteiger partial charge in [0.25, 0.3) is 5.91 Å². The number of nitrogens with one attached hydrogen (secondary N) is 1. The highest BCUT2D eigenvalue weighted by Crippen LogP contribution is 2.39. The zero-order chi connectivity index (χ0) is 27.9. The number of hydrogen-bond donors (Lipinski definition) is 1. The van der Waals surface area contributed by atoms with Crippen molar-refractivity contribution in [2.45, 2.75) is 43.2 Å². The van der Waals surface area contributed by atoms with Gasteiger partial charge in [-0.3, -0.25) is 9.78 Å². The van der Waals surface area contributed by atoms with Crippen molar-refractivity contribution >= 4 is 32.5 Å². The summed E-state index contributed by atoms with van der Waals surface area (Å²) in [5.41, 5.74) is 3.81. The van der Waals surface area contributed by atoms with Crippen LogP contribution in [-0.2, 0) is 21.1 Å². The van der Waals surface area contributed by atoms with Gasteiger partial charge in [-0.1, -0.05) is 12.1 Å². The van der Waals surface area contributed by atoms with Crippen LogP contribution in [0.15, 0.2) is 65.7 Å². The Morgan fingerprint density at radius 1 is 1.07 bits per heavy atom. The van der Waals surface area contributed by atoms with E-state index in [2.05, 4.69) is 15.2 Å². The highest BCUT2D eigenvalue weighted by Gasteiger charge is 2.42. The van der Waals surface area contributed by atoms with Crippen molar-refractivity contribution in [2.24, 2.45) is 0 Å². The van der Waals surface area contributed by atoms with Crippen molar-refractivity contribution < 1.29 is 17.9 Å². The number of anilines is 1. The summed E-state index contributed by atoms with van der Waals surface area (Å²) in [4.78, 5) is 29.5. The second-order valence-electron chi connectivity index (χ2n) is 10.7. The van der Waals surface area contributed by atoms with Crippen molar-refractivity contribution in [3.63, 3.8) is 0 Å². The summed E-state index contributed by atoms with van der Waals surface area (Å²) in [6.45, 7) is 4.29. The maximum atomic E-state index is 12.8. The second-order valence-corrected chi connectivity index (χ2v) is 12.7. The Balaban J connectivity index is 1.19. The molecule has 2 fully saturated rings. The Bertz CT molecular complexity index is 1720. The van der Waals surface area contributed by atoms with Crippen LogP contribution in [0.2, 0.25) is 0 Å². The first-order valence-electron chi connectivity index (χ1n) is 13.4. The molecule has 9 nitrogen and oxygen atoms in total. The van der Waals surface area contributed by atoms with Gasteiger partial charge in [0.1, 0.15) is 5.82 Å². The third-order valence-electron chi connectivity index (χ3n) is 7.74. The first kappa shape index (κ1) is 26.3. The summed E-state index contributed by atoms with van der Waals surface area (Å²) >= 11 is 0. The average molecular weight is 558 g/mol. The van der Waals surface area contributed by atoms with E-state index in [0.717, 1.165) is 66.9 Å². The zero-order valence-electron chi connectivity index (χ0n) is 22.6. The Hall–Kier alpha value is -3.89. The van der Waals surface area contributed by atoms with Crippen molar-refractivity contribution in [1.29, 1.82) is 0 Å². The molecule has 0 unspecified atom stereocenters. The molecule has 1 aliphatic carbocycles. The van der Waals surface area contributed by atoms with Crippen molar-refractivity contribution in [3.8, 4) is 11.4 Å². The number of carbonyl (C=O) groups excluding carboxylic acids is 1. The fourth-order valence-electron chi connectivity index (χ4n) is 5.37. The Morgan fingerprint density at radius 2 is 1.90 bits per heavy atom. The minimum Gasteiger partial charge on any atom is -0.371 e. The van der Waals surface area contributed by atoms with Gasteiger partial charge in [-0.15, -0.1) is 0 Å². The second kappa shape index (κ2) is 10.3. The number of nitrogens with zero attached hydrogens (tertiary/aromatic N) is 4. The lowest BCUT2D eigenvalue weighted by molar-refractivity contribution is -0.106. The highest BCUT2D eigenvalue weighted by atomic mass is 32.2. The van der Waals surface area contributed by atoms with Gasteiger partial charge in [0.05, 0.1) is 46.2 Å². The Morgan fingerprint density at radius 3 is 2.67 bits per heavy atom. The molecule has 4 heterocycles. The summed E-state index contributed by atoms with van der Waals surface area (Å²) < 4.78 is 30.2. The molecule has 3 aromatic heterocycles. The van der Waals surface area contributed by atoms with Crippen LogP contribution in [0.3, 0.4) is 0 Å². The van der Waals surface area contributed by atoms with Crippen LogP contribution < -0.4 is 10.2 Å². The van der Waals surface area contributed by atoms with Gasteiger partial charge < -0.3 is 15.0 Å². The van der Waals surface area contributed by atoms with Crippen molar-refractivity contribution in [3.05, 3.63) is 77.6 Å². The van der Waals surface area contributed by atoms with E-state index < -0.39 is 9.84 Å². The lowest BCUT2D eigenvalue weighted by atomic mass is 9.79. The fraction of sp³-hybridized carbons (Fsp3) is 0.333. The molecule has 1 aliphatic heterocycles. The molecule has 10 heteroatoms. The van der Waals surface area contributed by atoms with Gasteiger partial charge >= 0.3 is 0 Å². The lowest BCUT2D eigenvalue weighted by Crippen LogP contribution is -2.56.